The van der Waals surface area contributed by atoms with Crippen LogP contribution in [0.5, 0.6) is 0 Å². The molecule has 0 amide bonds. The van der Waals surface area contributed by atoms with Crippen molar-refractivity contribution in [3.8, 4) is 0 Å². The van der Waals surface area contributed by atoms with Gasteiger partial charge in [-0.15, -0.1) is 0 Å². The lowest BCUT2D eigenvalue weighted by Crippen LogP contribution is -2.07. The number of halogens is 2. The van der Waals surface area contributed by atoms with Crippen molar-refractivity contribution in [1.82, 2.24) is 9.97 Å². The summed E-state index contributed by atoms with van der Waals surface area (Å²) in [5, 5.41) is 0.190. The van der Waals surface area contributed by atoms with Crippen molar-refractivity contribution in [2.45, 2.75) is 0 Å². The molecule has 0 unspecified atom stereocenters. The molecule has 2 rings (SSSR count). The maximum Gasteiger partial charge on any atom is 0.224 e. The van der Waals surface area contributed by atoms with E-state index < -0.39 is 11.7 Å². The standard InChI is InChI=1S/C11H6ClFN2O/c12-9-5-1-4-8(15-9)10(16)7-3-2-6-14-11(7)13/h1-6H. The number of hydrogen-bond donors (Lipinski definition) is 0. The summed E-state index contributed by atoms with van der Waals surface area (Å²) in [6, 6.07) is 7.43. The van der Waals surface area contributed by atoms with Gasteiger partial charge in [-0.1, -0.05) is 17.7 Å². The van der Waals surface area contributed by atoms with Gasteiger partial charge in [0.2, 0.25) is 11.7 Å². The minimum absolute atomic E-state index is 0.0967. The van der Waals surface area contributed by atoms with Crippen molar-refractivity contribution < 1.29 is 9.18 Å². The molecule has 0 aliphatic rings. The summed E-state index contributed by atoms with van der Waals surface area (Å²) in [4.78, 5) is 19.0. The molecule has 2 aromatic heterocycles. The smallest absolute Gasteiger partial charge is 0.224 e. The van der Waals surface area contributed by atoms with Crippen LogP contribution in [0.4, 0.5) is 4.39 Å². The average Bonchev–Trinajstić information content (AvgIpc) is 2.29. The normalized spacial score (nSPS) is 10.1. The van der Waals surface area contributed by atoms with Crippen molar-refractivity contribution in [3.05, 3.63) is 58.9 Å². The van der Waals surface area contributed by atoms with E-state index in [2.05, 4.69) is 9.97 Å². The molecule has 3 nitrogen and oxygen atoms in total. The highest BCUT2D eigenvalue weighted by Crippen LogP contribution is 2.12. The molecule has 0 aliphatic carbocycles. The van der Waals surface area contributed by atoms with E-state index in [4.69, 9.17) is 11.6 Å². The summed E-state index contributed by atoms with van der Waals surface area (Å²) in [7, 11) is 0. The minimum atomic E-state index is -0.811. The predicted molar refractivity (Wildman–Crippen MR) is 56.9 cm³/mol. The number of aromatic nitrogens is 2. The lowest BCUT2D eigenvalue weighted by Gasteiger charge is -2.00. The van der Waals surface area contributed by atoms with Crippen LogP contribution in [-0.4, -0.2) is 15.8 Å². The van der Waals surface area contributed by atoms with Crippen LogP contribution in [0.15, 0.2) is 36.5 Å². The summed E-state index contributed by atoms with van der Waals surface area (Å²) in [5.41, 5.74) is -0.0170. The first-order valence-electron chi connectivity index (χ1n) is 4.46. The maximum absolute atomic E-state index is 13.2. The van der Waals surface area contributed by atoms with Crippen LogP contribution in [-0.2, 0) is 0 Å². The number of pyridine rings is 2. The monoisotopic (exact) mass is 236 g/mol. The summed E-state index contributed by atoms with van der Waals surface area (Å²) in [6.07, 6.45) is 1.28. The van der Waals surface area contributed by atoms with Gasteiger partial charge in [0, 0.05) is 6.20 Å². The van der Waals surface area contributed by atoms with Gasteiger partial charge < -0.3 is 0 Å². The number of ketones is 1. The van der Waals surface area contributed by atoms with E-state index >= 15 is 0 Å². The molecule has 5 heteroatoms. The van der Waals surface area contributed by atoms with E-state index in [1.807, 2.05) is 0 Å². The highest BCUT2D eigenvalue weighted by atomic mass is 35.5. The number of rotatable bonds is 2. The highest BCUT2D eigenvalue weighted by Gasteiger charge is 2.15. The molecule has 80 valence electrons. The topological polar surface area (TPSA) is 42.9 Å². The van der Waals surface area contributed by atoms with Crippen LogP contribution in [0, 0.1) is 5.95 Å². The minimum Gasteiger partial charge on any atom is -0.287 e. The number of hydrogen-bond acceptors (Lipinski definition) is 3. The van der Waals surface area contributed by atoms with E-state index in [0.29, 0.717) is 0 Å². The number of carbonyl (C=O) groups is 1. The third kappa shape index (κ3) is 2.06. The van der Waals surface area contributed by atoms with Crippen LogP contribution in [0.2, 0.25) is 5.15 Å². The predicted octanol–water partition coefficient (Wildman–Crippen LogP) is 2.50. The van der Waals surface area contributed by atoms with Gasteiger partial charge in [-0.05, 0) is 24.3 Å². The third-order valence-corrected chi connectivity index (χ3v) is 2.16. The van der Waals surface area contributed by atoms with Gasteiger partial charge >= 0.3 is 0 Å². The molecule has 0 aliphatic heterocycles. The molecule has 0 bridgehead atoms. The molecule has 0 atom stereocenters. The summed E-state index contributed by atoms with van der Waals surface area (Å²) < 4.78 is 13.2. The fourth-order valence-corrected chi connectivity index (χ4v) is 1.39. The molecule has 0 N–H and O–H groups in total. The van der Waals surface area contributed by atoms with Crippen molar-refractivity contribution in [1.29, 1.82) is 0 Å². The van der Waals surface area contributed by atoms with Crippen molar-refractivity contribution in [3.63, 3.8) is 0 Å². The Hall–Kier alpha value is -1.81. The van der Waals surface area contributed by atoms with Crippen LogP contribution in [0.3, 0.4) is 0 Å². The van der Waals surface area contributed by atoms with Crippen molar-refractivity contribution in [2.24, 2.45) is 0 Å². The summed E-state index contributed by atoms with van der Waals surface area (Å²) >= 11 is 5.64. The molecule has 2 heterocycles. The van der Waals surface area contributed by atoms with Crippen molar-refractivity contribution in [2.75, 3.05) is 0 Å². The van der Waals surface area contributed by atoms with Gasteiger partial charge in [-0.25, -0.2) is 9.97 Å². The maximum atomic E-state index is 13.2. The van der Waals surface area contributed by atoms with Gasteiger partial charge in [0.05, 0.1) is 5.56 Å². The molecule has 0 aromatic carbocycles. The first-order chi connectivity index (χ1) is 7.68. The van der Waals surface area contributed by atoms with E-state index in [0.717, 1.165) is 0 Å². The second-order valence-corrected chi connectivity index (χ2v) is 3.40. The highest BCUT2D eigenvalue weighted by molar-refractivity contribution is 6.29. The second kappa shape index (κ2) is 4.37. The first kappa shape index (κ1) is 10.7. The first-order valence-corrected chi connectivity index (χ1v) is 4.84. The molecule has 0 saturated heterocycles. The van der Waals surface area contributed by atoms with Gasteiger partial charge in [-0.2, -0.15) is 4.39 Å². The van der Waals surface area contributed by atoms with Crippen molar-refractivity contribution >= 4 is 17.4 Å². The SMILES string of the molecule is O=C(c1cccc(Cl)n1)c1cccnc1F. The van der Waals surface area contributed by atoms with Crippen LogP contribution in [0.1, 0.15) is 16.1 Å². The molecule has 16 heavy (non-hydrogen) atoms. The second-order valence-electron chi connectivity index (χ2n) is 3.02. The van der Waals surface area contributed by atoms with Gasteiger partial charge in [-0.3, -0.25) is 4.79 Å². The van der Waals surface area contributed by atoms with E-state index in [9.17, 15) is 9.18 Å². The fourth-order valence-electron chi connectivity index (χ4n) is 1.23. The zero-order chi connectivity index (χ0) is 11.5. The molecule has 2 aromatic rings. The van der Waals surface area contributed by atoms with Gasteiger partial charge in [0.25, 0.3) is 0 Å². The lowest BCUT2D eigenvalue weighted by atomic mass is 10.1. The molecule has 0 spiro atoms. The van der Waals surface area contributed by atoms with Crippen LogP contribution in [0.25, 0.3) is 0 Å². The van der Waals surface area contributed by atoms with Crippen LogP contribution < -0.4 is 0 Å². The molecular weight excluding hydrogens is 231 g/mol. The Kier molecular flexibility index (Phi) is 2.92. The summed E-state index contributed by atoms with van der Waals surface area (Å²) in [5.74, 6) is -1.35. The largest absolute Gasteiger partial charge is 0.287 e. The van der Waals surface area contributed by atoms with E-state index in [1.54, 1.807) is 6.07 Å². The molecular formula is C11H6ClFN2O. The fraction of sp³-hybridized carbons (Fsp3) is 0. The van der Waals surface area contributed by atoms with E-state index in [1.165, 1.54) is 30.5 Å². The molecule has 0 radical (unpaired) electrons. The third-order valence-electron chi connectivity index (χ3n) is 1.95. The molecule has 0 fully saturated rings. The Morgan fingerprint density at radius 3 is 2.75 bits per heavy atom. The van der Waals surface area contributed by atoms with Gasteiger partial charge in [0.1, 0.15) is 10.8 Å². The Labute approximate surface area is 95.9 Å². The quantitative estimate of drug-likeness (QED) is 0.594. The zero-order valence-electron chi connectivity index (χ0n) is 8.02. The summed E-state index contributed by atoms with van der Waals surface area (Å²) in [6.45, 7) is 0. The average molecular weight is 237 g/mol. The Balaban J connectivity index is 2.44. The molecule has 0 saturated carbocycles. The number of carbonyl (C=O) groups excluding carboxylic acids is 1. The van der Waals surface area contributed by atoms with Gasteiger partial charge in [0.15, 0.2) is 0 Å². The number of nitrogens with zero attached hydrogens (tertiary/aromatic N) is 2. The Bertz CT molecular complexity index is 545. The van der Waals surface area contributed by atoms with Crippen LogP contribution >= 0.6 is 11.6 Å². The Morgan fingerprint density at radius 1 is 1.25 bits per heavy atom. The Morgan fingerprint density at radius 2 is 2.06 bits per heavy atom. The van der Waals surface area contributed by atoms with E-state index in [-0.39, 0.29) is 16.4 Å². The zero-order valence-corrected chi connectivity index (χ0v) is 8.78. The lowest BCUT2D eigenvalue weighted by molar-refractivity contribution is 0.103.